The van der Waals surface area contributed by atoms with Gasteiger partial charge < -0.3 is 24.6 Å². The second kappa shape index (κ2) is 40.4. The molecule has 0 radical (unpaired) electrons. The fourth-order valence-corrected chi connectivity index (χ4v) is 6.69. The molecule has 0 amide bonds. The van der Waals surface area contributed by atoms with Gasteiger partial charge in [0.15, 0.2) is 0 Å². The first kappa shape index (κ1) is 53.2. The lowest BCUT2D eigenvalue weighted by Gasteiger charge is -2.20. The number of hydrogen-bond acceptors (Lipinski definition) is 9. The molecule has 322 valence electrons. The van der Waals surface area contributed by atoms with Gasteiger partial charge in [-0.2, -0.15) is 0 Å². The Morgan fingerprint density at radius 2 is 0.800 bits per heavy atom. The zero-order valence-corrected chi connectivity index (χ0v) is 35.8. The first-order valence-corrected chi connectivity index (χ1v) is 23.4. The van der Waals surface area contributed by atoms with Gasteiger partial charge in [-0.05, 0) is 70.6 Å². The van der Waals surface area contributed by atoms with Gasteiger partial charge in [0.05, 0.1) is 26.4 Å². The van der Waals surface area contributed by atoms with Gasteiger partial charge in [0.25, 0.3) is 0 Å². The number of phosphoric acid groups is 1. The maximum Gasteiger partial charge on any atom is 0.472 e. The van der Waals surface area contributed by atoms with Crippen LogP contribution in [0, 0.1) is 0 Å². The van der Waals surface area contributed by atoms with E-state index in [4.69, 9.17) is 18.5 Å². The number of hydrogen-bond donors (Lipinski definition) is 3. The topological polar surface area (TPSA) is 149 Å². The zero-order chi connectivity index (χ0) is 40.5. The number of carbonyl (C=O) groups excluding carboxylic acids is 2. The number of carbonyl (C=O) groups is 2. The Balaban J connectivity index is 3.91. The second-order valence-corrected chi connectivity index (χ2v) is 16.1. The van der Waals surface area contributed by atoms with Gasteiger partial charge in [0.1, 0.15) is 12.2 Å². The fourth-order valence-electron chi connectivity index (χ4n) is 5.90. The van der Waals surface area contributed by atoms with E-state index in [9.17, 15) is 29.3 Å². The van der Waals surface area contributed by atoms with Crippen molar-refractivity contribution >= 4 is 19.8 Å². The van der Waals surface area contributed by atoms with Crippen LogP contribution in [0.5, 0.6) is 0 Å². The summed E-state index contributed by atoms with van der Waals surface area (Å²) in [6.07, 6.45) is 41.1. The van der Waals surface area contributed by atoms with E-state index in [2.05, 4.69) is 50.3 Å². The van der Waals surface area contributed by atoms with E-state index < -0.39 is 58.4 Å². The van der Waals surface area contributed by atoms with Gasteiger partial charge in [-0.15, -0.1) is 0 Å². The summed E-state index contributed by atoms with van der Waals surface area (Å²) in [6, 6.07) is 0. The predicted molar refractivity (Wildman–Crippen MR) is 224 cm³/mol. The largest absolute Gasteiger partial charge is 0.472 e. The molecule has 0 bridgehead atoms. The number of esters is 2. The lowest BCUT2D eigenvalue weighted by atomic mass is 10.1. The van der Waals surface area contributed by atoms with Gasteiger partial charge >= 0.3 is 19.8 Å². The van der Waals surface area contributed by atoms with Crippen molar-refractivity contribution in [2.24, 2.45) is 0 Å². The normalized spacial score (nSPS) is 14.2. The molecule has 0 saturated heterocycles. The molecule has 0 aliphatic heterocycles. The molecule has 0 fully saturated rings. The van der Waals surface area contributed by atoms with Crippen LogP contribution < -0.4 is 0 Å². The Kier molecular flexibility index (Phi) is 39.1. The van der Waals surface area contributed by atoms with E-state index in [1.54, 1.807) is 0 Å². The summed E-state index contributed by atoms with van der Waals surface area (Å²) in [5.74, 6) is -1.03. The third-order valence-electron chi connectivity index (χ3n) is 9.32. The first-order valence-electron chi connectivity index (χ1n) is 21.9. The van der Waals surface area contributed by atoms with E-state index >= 15 is 0 Å². The van der Waals surface area contributed by atoms with E-state index in [1.807, 2.05) is 0 Å². The number of allylic oxidation sites excluding steroid dienone is 6. The molecule has 3 unspecified atom stereocenters. The van der Waals surface area contributed by atoms with Crippen molar-refractivity contribution in [3.8, 4) is 0 Å². The number of aliphatic hydroxyl groups is 2. The Morgan fingerprint density at radius 3 is 1.18 bits per heavy atom. The predicted octanol–water partition coefficient (Wildman–Crippen LogP) is 11.6. The molecule has 0 aromatic rings. The Morgan fingerprint density at radius 1 is 0.491 bits per heavy atom. The lowest BCUT2D eigenvalue weighted by Crippen LogP contribution is -2.28. The highest BCUT2D eigenvalue weighted by molar-refractivity contribution is 7.47. The van der Waals surface area contributed by atoms with Crippen molar-refractivity contribution < 1.29 is 47.8 Å². The third kappa shape index (κ3) is 38.8. The van der Waals surface area contributed by atoms with Gasteiger partial charge in [0, 0.05) is 12.8 Å². The molecule has 0 saturated carbocycles. The highest BCUT2D eigenvalue weighted by Crippen LogP contribution is 2.43. The van der Waals surface area contributed by atoms with Crippen LogP contribution in [0.4, 0.5) is 0 Å². The summed E-state index contributed by atoms with van der Waals surface area (Å²) in [5.41, 5.74) is 0. The van der Waals surface area contributed by atoms with Crippen molar-refractivity contribution in [1.29, 1.82) is 0 Å². The lowest BCUT2D eigenvalue weighted by molar-refractivity contribution is -0.153. The minimum absolute atomic E-state index is 0.182. The van der Waals surface area contributed by atoms with Gasteiger partial charge in [0.2, 0.25) is 0 Å². The van der Waals surface area contributed by atoms with Crippen LogP contribution in [0.15, 0.2) is 36.5 Å². The summed E-state index contributed by atoms with van der Waals surface area (Å²) in [6.45, 7) is 2.16. The van der Waals surface area contributed by atoms with Crippen LogP contribution in [0.25, 0.3) is 0 Å². The molecule has 11 heteroatoms. The summed E-state index contributed by atoms with van der Waals surface area (Å²) in [4.78, 5) is 34.5. The summed E-state index contributed by atoms with van der Waals surface area (Å²) in [7, 11) is -4.64. The fraction of sp³-hybridized carbons (Fsp3) is 0.818. The standard InChI is InChI=1S/C44H81O10P/c1-3-5-7-9-11-13-15-17-18-19-20-21-22-24-26-28-30-32-34-36-44(48)54-42(38-46)40-52-55(49,50)51-39-41(37-45)53-43(47)35-33-31-29-27-25-23-16-14-12-10-8-6-4-2/h11,13-14,16-18,41-42,45-46H,3-10,12,15,19-40H2,1-2H3,(H,49,50)/b13-11-,16-14-,18-17-. The quantitative estimate of drug-likeness (QED) is 0.0236. The van der Waals surface area contributed by atoms with E-state index in [0.717, 1.165) is 70.6 Å². The van der Waals surface area contributed by atoms with Crippen LogP contribution in [0.3, 0.4) is 0 Å². The molecule has 0 heterocycles. The molecule has 0 aromatic carbocycles. The van der Waals surface area contributed by atoms with Crippen molar-refractivity contribution in [3.63, 3.8) is 0 Å². The minimum Gasteiger partial charge on any atom is -0.457 e. The van der Waals surface area contributed by atoms with Crippen molar-refractivity contribution in [3.05, 3.63) is 36.5 Å². The monoisotopic (exact) mass is 801 g/mol. The summed E-state index contributed by atoms with van der Waals surface area (Å²) >= 11 is 0. The van der Waals surface area contributed by atoms with E-state index in [1.165, 1.54) is 83.5 Å². The van der Waals surface area contributed by atoms with Crippen molar-refractivity contribution in [2.75, 3.05) is 26.4 Å². The average molecular weight is 801 g/mol. The maximum atomic E-state index is 12.4. The van der Waals surface area contributed by atoms with E-state index in [0.29, 0.717) is 12.8 Å². The summed E-state index contributed by atoms with van der Waals surface area (Å²) in [5, 5.41) is 19.2. The molecule has 0 aliphatic carbocycles. The number of phosphoric ester groups is 1. The average Bonchev–Trinajstić information content (AvgIpc) is 3.17. The van der Waals surface area contributed by atoms with Crippen LogP contribution >= 0.6 is 7.82 Å². The second-order valence-electron chi connectivity index (χ2n) is 14.7. The summed E-state index contributed by atoms with van der Waals surface area (Å²) < 4.78 is 32.6. The van der Waals surface area contributed by atoms with Crippen molar-refractivity contribution in [1.82, 2.24) is 0 Å². The van der Waals surface area contributed by atoms with E-state index in [-0.39, 0.29) is 12.8 Å². The number of unbranched alkanes of at least 4 members (excludes halogenated alkanes) is 21. The molecular weight excluding hydrogens is 719 g/mol. The Bertz CT molecular complexity index is 1010. The number of aliphatic hydroxyl groups excluding tert-OH is 2. The molecule has 3 N–H and O–H groups in total. The molecule has 10 nitrogen and oxygen atoms in total. The SMILES string of the molecule is CCCCC/C=C\C/C=C\CCCCCCCCCCCC(=O)OC(CO)COP(=O)(O)OCC(CO)OC(=O)CCCCCCC/C=C\CCCCCC. The molecule has 3 atom stereocenters. The van der Waals surface area contributed by atoms with Crippen LogP contribution in [-0.4, -0.2) is 65.7 Å². The molecule has 0 aliphatic rings. The molecule has 55 heavy (non-hydrogen) atoms. The number of rotatable bonds is 41. The van der Waals surface area contributed by atoms with Crippen LogP contribution in [0.1, 0.15) is 194 Å². The smallest absolute Gasteiger partial charge is 0.457 e. The highest BCUT2D eigenvalue weighted by Gasteiger charge is 2.27. The zero-order valence-electron chi connectivity index (χ0n) is 34.9. The molecule has 0 spiro atoms. The Hall–Kier alpha value is -1.81. The maximum absolute atomic E-state index is 12.4. The number of ether oxygens (including phenoxy) is 2. The molecule has 0 aromatic heterocycles. The third-order valence-corrected chi connectivity index (χ3v) is 10.3. The van der Waals surface area contributed by atoms with Gasteiger partial charge in [-0.1, -0.05) is 147 Å². The van der Waals surface area contributed by atoms with Crippen molar-refractivity contribution in [2.45, 2.75) is 206 Å². The Labute approximate surface area is 335 Å². The first-order chi connectivity index (χ1) is 26.8. The molecular formula is C44H81O10P. The van der Waals surface area contributed by atoms with Crippen LogP contribution in [0.2, 0.25) is 0 Å². The van der Waals surface area contributed by atoms with Gasteiger partial charge in [-0.3, -0.25) is 18.6 Å². The highest BCUT2D eigenvalue weighted by atomic mass is 31.2. The minimum atomic E-state index is -4.64. The molecule has 0 rings (SSSR count). The van der Waals surface area contributed by atoms with Gasteiger partial charge in [-0.25, -0.2) is 4.57 Å². The van der Waals surface area contributed by atoms with Crippen LogP contribution in [-0.2, 0) is 32.7 Å².